The summed E-state index contributed by atoms with van der Waals surface area (Å²) in [7, 11) is 0. The van der Waals surface area contributed by atoms with Crippen LogP contribution in [0, 0.1) is 23.3 Å². The molecule has 0 saturated heterocycles. The summed E-state index contributed by atoms with van der Waals surface area (Å²) >= 11 is 0. The average Bonchev–Trinajstić information content (AvgIpc) is 2.23. The van der Waals surface area contributed by atoms with E-state index in [1.54, 1.807) is 6.08 Å². The number of ketones is 1. The number of carbonyl (C=O) groups is 1. The third kappa shape index (κ3) is 1.71. The van der Waals surface area contributed by atoms with Crippen LogP contribution in [0.5, 0.6) is 0 Å². The first-order chi connectivity index (χ1) is 7.81. The van der Waals surface area contributed by atoms with Gasteiger partial charge in [0.2, 0.25) is 5.70 Å². The number of hydrogen-bond acceptors (Lipinski definition) is 2. The van der Waals surface area contributed by atoms with Crippen LogP contribution in [-0.2, 0) is 4.79 Å². The second-order valence-electron chi connectivity index (χ2n) is 6.19. The molecule has 0 aromatic heterocycles. The molecule has 0 bridgehead atoms. The fourth-order valence-corrected chi connectivity index (χ4v) is 3.73. The lowest BCUT2D eigenvalue weighted by Gasteiger charge is -2.51. The third-order valence-corrected chi connectivity index (χ3v) is 4.54. The van der Waals surface area contributed by atoms with E-state index in [0.29, 0.717) is 6.42 Å². The molecule has 3 nitrogen and oxygen atoms in total. The number of allylic oxidation sites excluding steroid dienone is 2. The quantitative estimate of drug-likeness (QED) is 0.653. The third-order valence-electron chi connectivity index (χ3n) is 4.54. The summed E-state index contributed by atoms with van der Waals surface area (Å²) in [6.07, 6.45) is 3.79. The van der Waals surface area contributed by atoms with E-state index >= 15 is 0 Å². The van der Waals surface area contributed by atoms with Crippen molar-refractivity contribution < 1.29 is 9.90 Å². The number of nitrogens with zero attached hydrogens (tertiary/aromatic N) is 1. The van der Waals surface area contributed by atoms with Gasteiger partial charge in [-0.15, -0.1) is 0 Å². The number of aliphatic hydroxyl groups excluding tert-OH is 1. The van der Waals surface area contributed by atoms with E-state index in [0.717, 1.165) is 12.8 Å². The Morgan fingerprint density at radius 2 is 2.06 bits per heavy atom. The maximum absolute atomic E-state index is 12.2. The summed E-state index contributed by atoms with van der Waals surface area (Å²) < 4.78 is 0. The molecule has 0 radical (unpaired) electrons. The van der Waals surface area contributed by atoms with E-state index < -0.39 is 5.41 Å². The number of aliphatic hydroxyl groups is 1. The van der Waals surface area contributed by atoms with Crippen molar-refractivity contribution in [2.75, 3.05) is 0 Å². The zero-order valence-corrected chi connectivity index (χ0v) is 10.7. The van der Waals surface area contributed by atoms with Gasteiger partial charge in [0.1, 0.15) is 0 Å². The minimum absolute atomic E-state index is 0.0358. The zero-order valence-electron chi connectivity index (χ0n) is 10.7. The second kappa shape index (κ2) is 3.68. The van der Waals surface area contributed by atoms with Crippen molar-refractivity contribution in [2.24, 2.45) is 16.7 Å². The van der Waals surface area contributed by atoms with E-state index in [2.05, 4.69) is 11.8 Å². The van der Waals surface area contributed by atoms with E-state index in [1.807, 2.05) is 13.8 Å². The average molecular weight is 233 g/mol. The number of Topliss-reactive ketones (excluding diaryl/α,β-unsaturated/α-hetero) is 1. The minimum Gasteiger partial charge on any atom is -0.393 e. The highest BCUT2D eigenvalue weighted by atomic mass is 16.3. The van der Waals surface area contributed by atoms with Crippen LogP contribution in [0.3, 0.4) is 0 Å². The molecule has 92 valence electrons. The molecule has 1 N–H and O–H groups in total. The molecular formula is C14H19NO2. The van der Waals surface area contributed by atoms with Gasteiger partial charge in [-0.2, -0.15) is 0 Å². The Kier molecular flexibility index (Phi) is 2.67. The predicted molar refractivity (Wildman–Crippen MR) is 64.9 cm³/mol. The fraction of sp³-hybridized carbons (Fsp3) is 0.714. The van der Waals surface area contributed by atoms with Crippen LogP contribution in [-0.4, -0.2) is 17.0 Å². The van der Waals surface area contributed by atoms with Gasteiger partial charge in [0.15, 0.2) is 5.78 Å². The van der Waals surface area contributed by atoms with Crippen LogP contribution in [0.25, 0.3) is 4.85 Å². The van der Waals surface area contributed by atoms with Crippen molar-refractivity contribution in [2.45, 2.75) is 46.1 Å². The van der Waals surface area contributed by atoms with Crippen molar-refractivity contribution in [1.82, 2.24) is 0 Å². The van der Waals surface area contributed by atoms with Crippen LogP contribution in [0.2, 0.25) is 0 Å². The van der Waals surface area contributed by atoms with Gasteiger partial charge in [0.25, 0.3) is 0 Å². The Morgan fingerprint density at radius 1 is 1.41 bits per heavy atom. The highest BCUT2D eigenvalue weighted by Crippen LogP contribution is 2.55. The van der Waals surface area contributed by atoms with Gasteiger partial charge in [-0.1, -0.05) is 26.8 Å². The summed E-state index contributed by atoms with van der Waals surface area (Å²) in [4.78, 5) is 15.6. The van der Waals surface area contributed by atoms with Gasteiger partial charge >= 0.3 is 0 Å². The Morgan fingerprint density at radius 3 is 2.65 bits per heavy atom. The summed E-state index contributed by atoms with van der Waals surface area (Å²) in [5.41, 5.74) is -0.443. The van der Waals surface area contributed by atoms with Gasteiger partial charge in [0, 0.05) is 5.41 Å². The van der Waals surface area contributed by atoms with Crippen LogP contribution in [0.15, 0.2) is 11.8 Å². The van der Waals surface area contributed by atoms with E-state index in [4.69, 9.17) is 6.57 Å². The lowest BCUT2D eigenvalue weighted by molar-refractivity contribution is -0.133. The summed E-state index contributed by atoms with van der Waals surface area (Å²) in [5.74, 6) is 0.197. The molecule has 0 spiro atoms. The molecule has 0 aliphatic heterocycles. The van der Waals surface area contributed by atoms with Crippen molar-refractivity contribution in [3.8, 4) is 0 Å². The maximum Gasteiger partial charge on any atom is 0.226 e. The number of hydrogen-bond donors (Lipinski definition) is 1. The Bertz CT molecular complexity index is 430. The summed E-state index contributed by atoms with van der Waals surface area (Å²) in [5, 5.41) is 9.82. The second-order valence-corrected chi connectivity index (χ2v) is 6.19. The number of fused-ring (bicyclic) bond motifs is 1. The maximum atomic E-state index is 12.2. The molecular weight excluding hydrogens is 214 g/mol. The van der Waals surface area contributed by atoms with Crippen molar-refractivity contribution in [3.63, 3.8) is 0 Å². The van der Waals surface area contributed by atoms with Gasteiger partial charge in [-0.05, 0) is 30.6 Å². The highest BCUT2D eigenvalue weighted by molar-refractivity contribution is 6.02. The van der Waals surface area contributed by atoms with Crippen LogP contribution < -0.4 is 0 Å². The van der Waals surface area contributed by atoms with Crippen molar-refractivity contribution in [3.05, 3.63) is 23.2 Å². The smallest absolute Gasteiger partial charge is 0.226 e. The Hall–Kier alpha value is -1.14. The lowest BCUT2D eigenvalue weighted by Crippen LogP contribution is -2.50. The van der Waals surface area contributed by atoms with Crippen molar-refractivity contribution in [1.29, 1.82) is 0 Å². The first-order valence-corrected chi connectivity index (χ1v) is 6.14. The number of rotatable bonds is 0. The molecule has 0 unspecified atom stereocenters. The molecule has 0 aromatic carbocycles. The van der Waals surface area contributed by atoms with Crippen LogP contribution in [0.1, 0.15) is 40.0 Å². The molecule has 0 aromatic rings. The monoisotopic (exact) mass is 233 g/mol. The Balaban J connectivity index is 2.51. The highest BCUT2D eigenvalue weighted by Gasteiger charge is 2.53. The van der Waals surface area contributed by atoms with Gasteiger partial charge in [-0.25, -0.2) is 4.85 Å². The van der Waals surface area contributed by atoms with Gasteiger partial charge in [0.05, 0.1) is 12.7 Å². The SMILES string of the molecule is [C-]#[N+]C1=C[C@]2(C)C[C@@H](O)CC[C@H]2C(C)(C)C1=O. The minimum atomic E-state index is -0.483. The Labute approximate surface area is 102 Å². The largest absolute Gasteiger partial charge is 0.393 e. The van der Waals surface area contributed by atoms with Gasteiger partial charge < -0.3 is 9.90 Å². The lowest BCUT2D eigenvalue weighted by atomic mass is 9.53. The summed E-state index contributed by atoms with van der Waals surface area (Å²) in [6, 6.07) is 0. The van der Waals surface area contributed by atoms with Gasteiger partial charge in [-0.3, -0.25) is 0 Å². The zero-order chi connectivity index (χ0) is 12.8. The summed E-state index contributed by atoms with van der Waals surface area (Å²) in [6.45, 7) is 13.1. The van der Waals surface area contributed by atoms with Crippen LogP contribution >= 0.6 is 0 Å². The van der Waals surface area contributed by atoms with Crippen molar-refractivity contribution >= 4 is 5.78 Å². The van der Waals surface area contributed by atoms with E-state index in [1.165, 1.54) is 0 Å². The van der Waals surface area contributed by atoms with E-state index in [-0.39, 0.29) is 28.9 Å². The standard InChI is InChI=1S/C14H19NO2/c1-13(2)11-6-5-9(16)7-14(11,3)8-10(15-4)12(13)17/h8-9,11,16H,5-7H2,1-3H3/t9-,11-,14-/m0/s1. The van der Waals surface area contributed by atoms with E-state index in [9.17, 15) is 9.90 Å². The first-order valence-electron chi connectivity index (χ1n) is 6.14. The van der Waals surface area contributed by atoms with Crippen LogP contribution in [0.4, 0.5) is 0 Å². The molecule has 17 heavy (non-hydrogen) atoms. The molecule has 3 atom stereocenters. The normalized spacial score (nSPS) is 40.2. The molecule has 1 saturated carbocycles. The number of carbonyl (C=O) groups excluding carboxylic acids is 1. The molecule has 2 aliphatic carbocycles. The topological polar surface area (TPSA) is 41.7 Å². The molecule has 2 rings (SSSR count). The molecule has 3 heteroatoms. The molecule has 1 fully saturated rings. The predicted octanol–water partition coefficient (Wildman–Crippen LogP) is 2.57. The molecule has 0 heterocycles. The first kappa shape index (κ1) is 12.3. The fourth-order valence-electron chi connectivity index (χ4n) is 3.73. The molecule has 2 aliphatic rings. The molecule has 0 amide bonds.